The molecule has 21 heavy (non-hydrogen) atoms. The fourth-order valence-corrected chi connectivity index (χ4v) is 2.95. The smallest absolute Gasteiger partial charge is 0.228 e. The number of likely N-dealkylation sites (tertiary alicyclic amines) is 1. The molecule has 0 N–H and O–H groups in total. The second kappa shape index (κ2) is 7.54. The van der Waals surface area contributed by atoms with Gasteiger partial charge in [-0.05, 0) is 31.8 Å². The molecule has 2 rings (SSSR count). The zero-order valence-electron chi connectivity index (χ0n) is 13.5. The molecule has 118 valence electrons. The third kappa shape index (κ3) is 4.27. The van der Waals surface area contributed by atoms with Crippen molar-refractivity contribution in [2.45, 2.75) is 33.1 Å². The average Bonchev–Trinajstić information content (AvgIpc) is 2.90. The Labute approximate surface area is 127 Å². The summed E-state index contributed by atoms with van der Waals surface area (Å²) in [5.41, 5.74) is 0.880. The molecule has 6 heteroatoms. The largest absolute Gasteiger partial charge is 0.342 e. The first-order valence-electron chi connectivity index (χ1n) is 7.97. The molecule has 1 saturated heterocycles. The lowest BCUT2D eigenvalue weighted by Gasteiger charge is -2.34. The molecule has 6 nitrogen and oxygen atoms in total. The van der Waals surface area contributed by atoms with Gasteiger partial charge in [0.15, 0.2) is 0 Å². The lowest BCUT2D eigenvalue weighted by Crippen LogP contribution is -2.42. The highest BCUT2D eigenvalue weighted by molar-refractivity contribution is 5.78. The van der Waals surface area contributed by atoms with Crippen molar-refractivity contribution in [1.82, 2.24) is 24.8 Å². The number of aryl methyl sites for hydroxylation is 1. The van der Waals surface area contributed by atoms with Crippen molar-refractivity contribution in [2.24, 2.45) is 13.0 Å². The van der Waals surface area contributed by atoms with Crippen LogP contribution in [0.2, 0.25) is 0 Å². The SMILES string of the molecule is CCN(CC)CC1CCN(C(=O)Cc2cnnn2C)CC1. The van der Waals surface area contributed by atoms with Crippen LogP contribution in [0.1, 0.15) is 32.4 Å². The van der Waals surface area contributed by atoms with Crippen molar-refractivity contribution >= 4 is 5.91 Å². The summed E-state index contributed by atoms with van der Waals surface area (Å²) in [6.07, 6.45) is 4.31. The zero-order valence-corrected chi connectivity index (χ0v) is 13.5. The van der Waals surface area contributed by atoms with E-state index in [4.69, 9.17) is 0 Å². The summed E-state index contributed by atoms with van der Waals surface area (Å²) in [7, 11) is 1.83. The van der Waals surface area contributed by atoms with Crippen molar-refractivity contribution in [3.63, 3.8) is 0 Å². The number of carbonyl (C=O) groups excluding carboxylic acids is 1. The molecule has 0 saturated carbocycles. The summed E-state index contributed by atoms with van der Waals surface area (Å²) in [5, 5.41) is 7.69. The Morgan fingerprint density at radius 3 is 2.52 bits per heavy atom. The van der Waals surface area contributed by atoms with E-state index in [1.165, 1.54) is 6.54 Å². The highest BCUT2D eigenvalue weighted by Crippen LogP contribution is 2.19. The Balaban J connectivity index is 1.78. The molecule has 0 spiro atoms. The Kier molecular flexibility index (Phi) is 5.73. The maximum atomic E-state index is 12.3. The number of carbonyl (C=O) groups is 1. The van der Waals surface area contributed by atoms with Crippen molar-refractivity contribution in [3.8, 4) is 0 Å². The molecule has 1 aromatic rings. The van der Waals surface area contributed by atoms with Gasteiger partial charge in [0.2, 0.25) is 5.91 Å². The maximum absolute atomic E-state index is 12.3. The topological polar surface area (TPSA) is 54.3 Å². The molecule has 2 heterocycles. The van der Waals surface area contributed by atoms with E-state index in [0.717, 1.165) is 50.6 Å². The second-order valence-corrected chi connectivity index (χ2v) is 5.84. The Morgan fingerprint density at radius 2 is 2.00 bits per heavy atom. The number of hydrogen-bond donors (Lipinski definition) is 0. The fraction of sp³-hybridized carbons (Fsp3) is 0.800. The van der Waals surface area contributed by atoms with Gasteiger partial charge < -0.3 is 9.80 Å². The van der Waals surface area contributed by atoms with E-state index in [2.05, 4.69) is 29.1 Å². The minimum Gasteiger partial charge on any atom is -0.342 e. The first-order valence-corrected chi connectivity index (χ1v) is 7.97. The summed E-state index contributed by atoms with van der Waals surface area (Å²) >= 11 is 0. The van der Waals surface area contributed by atoms with Crippen molar-refractivity contribution in [2.75, 3.05) is 32.7 Å². The molecular weight excluding hydrogens is 266 g/mol. The average molecular weight is 293 g/mol. The number of amides is 1. The first kappa shape index (κ1) is 15.9. The van der Waals surface area contributed by atoms with Crippen LogP contribution >= 0.6 is 0 Å². The standard InChI is InChI=1S/C15H27N5O/c1-4-19(5-2)12-13-6-8-20(9-7-13)15(21)10-14-11-16-17-18(14)3/h11,13H,4-10,12H2,1-3H3. The predicted molar refractivity (Wildman–Crippen MR) is 81.8 cm³/mol. The van der Waals surface area contributed by atoms with E-state index in [0.29, 0.717) is 6.42 Å². The first-order chi connectivity index (χ1) is 10.1. The number of hydrogen-bond acceptors (Lipinski definition) is 4. The fourth-order valence-electron chi connectivity index (χ4n) is 2.95. The van der Waals surface area contributed by atoms with Gasteiger partial charge in [-0.2, -0.15) is 0 Å². The van der Waals surface area contributed by atoms with Gasteiger partial charge in [0, 0.05) is 26.7 Å². The molecule has 0 aliphatic carbocycles. The summed E-state index contributed by atoms with van der Waals surface area (Å²) < 4.78 is 1.67. The highest BCUT2D eigenvalue weighted by atomic mass is 16.2. The van der Waals surface area contributed by atoms with Gasteiger partial charge in [-0.3, -0.25) is 9.48 Å². The minimum atomic E-state index is 0.196. The van der Waals surface area contributed by atoms with E-state index < -0.39 is 0 Å². The Morgan fingerprint density at radius 1 is 1.33 bits per heavy atom. The van der Waals surface area contributed by atoms with Crippen LogP contribution in [-0.2, 0) is 18.3 Å². The summed E-state index contributed by atoms with van der Waals surface area (Å²) in [6, 6.07) is 0. The molecular formula is C15H27N5O. The predicted octanol–water partition coefficient (Wildman–Crippen LogP) is 0.938. The van der Waals surface area contributed by atoms with Gasteiger partial charge in [0.05, 0.1) is 18.3 Å². The third-order valence-electron chi connectivity index (χ3n) is 4.52. The molecule has 1 aliphatic rings. The molecule has 0 unspecified atom stereocenters. The Hall–Kier alpha value is -1.43. The van der Waals surface area contributed by atoms with E-state index in [1.807, 2.05) is 11.9 Å². The monoisotopic (exact) mass is 293 g/mol. The van der Waals surface area contributed by atoms with Gasteiger partial charge in [0.1, 0.15) is 0 Å². The second-order valence-electron chi connectivity index (χ2n) is 5.84. The van der Waals surface area contributed by atoms with Crippen LogP contribution in [0.5, 0.6) is 0 Å². The summed E-state index contributed by atoms with van der Waals surface area (Å²) in [5.74, 6) is 0.925. The molecule has 0 atom stereocenters. The number of rotatable bonds is 6. The maximum Gasteiger partial charge on any atom is 0.228 e. The van der Waals surface area contributed by atoms with Crippen LogP contribution in [0.4, 0.5) is 0 Å². The van der Waals surface area contributed by atoms with Gasteiger partial charge in [-0.15, -0.1) is 5.10 Å². The normalized spacial score (nSPS) is 16.7. The van der Waals surface area contributed by atoms with Crippen LogP contribution in [0.25, 0.3) is 0 Å². The minimum absolute atomic E-state index is 0.196. The van der Waals surface area contributed by atoms with Crippen LogP contribution in [-0.4, -0.2) is 63.4 Å². The molecule has 0 bridgehead atoms. The van der Waals surface area contributed by atoms with Gasteiger partial charge in [-0.1, -0.05) is 19.1 Å². The number of aromatic nitrogens is 3. The summed E-state index contributed by atoms with van der Waals surface area (Å²) in [6.45, 7) is 9.59. The lowest BCUT2D eigenvalue weighted by molar-refractivity contribution is -0.132. The molecule has 0 aromatic carbocycles. The van der Waals surface area contributed by atoms with Crippen molar-refractivity contribution in [3.05, 3.63) is 11.9 Å². The van der Waals surface area contributed by atoms with E-state index in [-0.39, 0.29) is 5.91 Å². The molecule has 1 aliphatic heterocycles. The molecule has 1 fully saturated rings. The van der Waals surface area contributed by atoms with Crippen molar-refractivity contribution in [1.29, 1.82) is 0 Å². The quantitative estimate of drug-likeness (QED) is 0.783. The van der Waals surface area contributed by atoms with Crippen LogP contribution < -0.4 is 0 Å². The third-order valence-corrected chi connectivity index (χ3v) is 4.52. The highest BCUT2D eigenvalue weighted by Gasteiger charge is 2.24. The van der Waals surface area contributed by atoms with Gasteiger partial charge in [0.25, 0.3) is 0 Å². The van der Waals surface area contributed by atoms with E-state index >= 15 is 0 Å². The Bertz CT molecular complexity index is 447. The van der Waals surface area contributed by atoms with Gasteiger partial charge >= 0.3 is 0 Å². The van der Waals surface area contributed by atoms with Crippen molar-refractivity contribution < 1.29 is 4.79 Å². The van der Waals surface area contributed by atoms with Gasteiger partial charge in [-0.25, -0.2) is 0 Å². The number of piperidine rings is 1. The summed E-state index contributed by atoms with van der Waals surface area (Å²) in [4.78, 5) is 16.8. The van der Waals surface area contributed by atoms with Crippen LogP contribution in [0.15, 0.2) is 6.20 Å². The van der Waals surface area contributed by atoms with E-state index in [9.17, 15) is 4.79 Å². The zero-order chi connectivity index (χ0) is 15.2. The lowest BCUT2D eigenvalue weighted by atomic mass is 9.96. The number of nitrogens with zero attached hydrogens (tertiary/aromatic N) is 5. The van der Waals surface area contributed by atoms with E-state index in [1.54, 1.807) is 10.9 Å². The van der Waals surface area contributed by atoms with Crippen LogP contribution in [0, 0.1) is 5.92 Å². The molecule has 1 amide bonds. The van der Waals surface area contributed by atoms with Crippen LogP contribution in [0.3, 0.4) is 0 Å². The molecule has 1 aromatic heterocycles. The molecule has 0 radical (unpaired) electrons.